The SMILES string of the molecule is CCn1nc(C)c(Br)c1CC(O)c1cc(C)cc(F)c1. The molecule has 1 N–H and O–H groups in total. The van der Waals surface area contributed by atoms with Crippen molar-refractivity contribution in [3.05, 3.63) is 51.0 Å². The summed E-state index contributed by atoms with van der Waals surface area (Å²) in [5.74, 6) is -0.321. The zero-order chi connectivity index (χ0) is 14.9. The molecule has 2 rings (SSSR count). The summed E-state index contributed by atoms with van der Waals surface area (Å²) in [5, 5.41) is 14.7. The maximum Gasteiger partial charge on any atom is 0.123 e. The van der Waals surface area contributed by atoms with Gasteiger partial charge in [0.1, 0.15) is 5.82 Å². The topological polar surface area (TPSA) is 38.0 Å². The highest BCUT2D eigenvalue weighted by molar-refractivity contribution is 9.10. The quantitative estimate of drug-likeness (QED) is 0.921. The van der Waals surface area contributed by atoms with E-state index in [1.54, 1.807) is 6.07 Å². The summed E-state index contributed by atoms with van der Waals surface area (Å²) in [6, 6.07) is 4.64. The monoisotopic (exact) mass is 340 g/mol. The first kappa shape index (κ1) is 15.2. The van der Waals surface area contributed by atoms with Crippen LogP contribution in [0.4, 0.5) is 4.39 Å². The van der Waals surface area contributed by atoms with E-state index in [2.05, 4.69) is 21.0 Å². The van der Waals surface area contributed by atoms with Crippen molar-refractivity contribution in [2.24, 2.45) is 0 Å². The highest BCUT2D eigenvalue weighted by Crippen LogP contribution is 2.27. The minimum Gasteiger partial charge on any atom is -0.388 e. The van der Waals surface area contributed by atoms with Gasteiger partial charge in [0.15, 0.2) is 0 Å². The fraction of sp³-hybridized carbons (Fsp3) is 0.400. The molecule has 3 nitrogen and oxygen atoms in total. The van der Waals surface area contributed by atoms with E-state index >= 15 is 0 Å². The highest BCUT2D eigenvalue weighted by Gasteiger charge is 2.18. The second-order valence-corrected chi connectivity index (χ2v) is 5.74. The van der Waals surface area contributed by atoms with Crippen molar-refractivity contribution < 1.29 is 9.50 Å². The number of aromatic nitrogens is 2. The molecule has 5 heteroatoms. The fourth-order valence-corrected chi connectivity index (χ4v) is 2.77. The van der Waals surface area contributed by atoms with E-state index in [1.807, 2.05) is 25.5 Å². The Morgan fingerprint density at radius 2 is 2.05 bits per heavy atom. The smallest absolute Gasteiger partial charge is 0.123 e. The Bertz CT molecular complexity index is 604. The van der Waals surface area contributed by atoms with Crippen LogP contribution in [0.25, 0.3) is 0 Å². The predicted octanol–water partition coefficient (Wildman–Crippen LogP) is 3.70. The molecule has 0 amide bonds. The zero-order valence-corrected chi connectivity index (χ0v) is 13.4. The Labute approximate surface area is 126 Å². The van der Waals surface area contributed by atoms with Crippen molar-refractivity contribution in [1.29, 1.82) is 0 Å². The third kappa shape index (κ3) is 3.10. The Hall–Kier alpha value is -1.20. The maximum absolute atomic E-state index is 13.4. The molecule has 2 aromatic rings. The van der Waals surface area contributed by atoms with Crippen molar-refractivity contribution >= 4 is 15.9 Å². The summed E-state index contributed by atoms with van der Waals surface area (Å²) in [5.41, 5.74) is 3.22. The van der Waals surface area contributed by atoms with Crippen LogP contribution in [-0.2, 0) is 13.0 Å². The molecule has 108 valence electrons. The molecule has 0 radical (unpaired) electrons. The first-order chi connectivity index (χ1) is 9.42. The minimum atomic E-state index is -0.748. The number of nitrogens with zero attached hydrogens (tertiary/aromatic N) is 2. The molecule has 1 unspecified atom stereocenters. The summed E-state index contributed by atoms with van der Waals surface area (Å²) < 4.78 is 16.2. The summed E-state index contributed by atoms with van der Waals surface area (Å²) >= 11 is 3.50. The van der Waals surface area contributed by atoms with Crippen LogP contribution >= 0.6 is 15.9 Å². The van der Waals surface area contributed by atoms with E-state index in [-0.39, 0.29) is 5.82 Å². The maximum atomic E-state index is 13.4. The Morgan fingerprint density at radius 1 is 1.35 bits per heavy atom. The number of hydrogen-bond acceptors (Lipinski definition) is 2. The van der Waals surface area contributed by atoms with Gasteiger partial charge in [-0.15, -0.1) is 0 Å². The molecule has 1 atom stereocenters. The number of benzene rings is 1. The van der Waals surface area contributed by atoms with Crippen LogP contribution in [-0.4, -0.2) is 14.9 Å². The molecular formula is C15H18BrFN2O. The number of hydrogen-bond donors (Lipinski definition) is 1. The van der Waals surface area contributed by atoms with Gasteiger partial charge in [0, 0.05) is 13.0 Å². The second-order valence-electron chi connectivity index (χ2n) is 4.94. The number of halogens is 2. The number of aliphatic hydroxyl groups is 1. The van der Waals surface area contributed by atoms with Gasteiger partial charge in [-0.25, -0.2) is 4.39 Å². The van der Waals surface area contributed by atoms with Gasteiger partial charge in [-0.2, -0.15) is 5.10 Å². The van der Waals surface area contributed by atoms with Crippen molar-refractivity contribution in [2.45, 2.75) is 39.8 Å². The molecule has 1 aromatic heterocycles. The average molecular weight is 341 g/mol. The number of aliphatic hydroxyl groups excluding tert-OH is 1. The van der Waals surface area contributed by atoms with E-state index in [1.165, 1.54) is 12.1 Å². The van der Waals surface area contributed by atoms with Gasteiger partial charge in [0.05, 0.1) is 22.0 Å². The fourth-order valence-electron chi connectivity index (χ4n) is 2.32. The molecule has 0 bridgehead atoms. The van der Waals surface area contributed by atoms with Crippen LogP contribution in [0.1, 0.15) is 35.5 Å². The van der Waals surface area contributed by atoms with Crippen molar-refractivity contribution in [1.82, 2.24) is 9.78 Å². The number of aryl methyl sites for hydroxylation is 3. The molecule has 0 saturated carbocycles. The summed E-state index contributed by atoms with van der Waals surface area (Å²) in [4.78, 5) is 0. The van der Waals surface area contributed by atoms with E-state index in [4.69, 9.17) is 0 Å². The summed E-state index contributed by atoms with van der Waals surface area (Å²) in [6.45, 7) is 6.46. The lowest BCUT2D eigenvalue weighted by atomic mass is 10.0. The van der Waals surface area contributed by atoms with Crippen LogP contribution in [0.2, 0.25) is 0 Å². The minimum absolute atomic E-state index is 0.321. The van der Waals surface area contributed by atoms with Gasteiger partial charge >= 0.3 is 0 Å². The van der Waals surface area contributed by atoms with Gasteiger partial charge in [0.2, 0.25) is 0 Å². The lowest BCUT2D eigenvalue weighted by Crippen LogP contribution is -2.09. The average Bonchev–Trinajstić information content (AvgIpc) is 2.65. The van der Waals surface area contributed by atoms with Crippen LogP contribution in [0.15, 0.2) is 22.7 Å². The van der Waals surface area contributed by atoms with E-state index in [0.29, 0.717) is 12.0 Å². The normalized spacial score (nSPS) is 12.7. The van der Waals surface area contributed by atoms with E-state index in [0.717, 1.165) is 28.0 Å². The molecule has 0 aliphatic carbocycles. The van der Waals surface area contributed by atoms with Gasteiger partial charge in [-0.05, 0) is 60.0 Å². The summed E-state index contributed by atoms with van der Waals surface area (Å²) in [7, 11) is 0. The molecule has 0 fully saturated rings. The van der Waals surface area contributed by atoms with Gasteiger partial charge in [-0.3, -0.25) is 4.68 Å². The van der Waals surface area contributed by atoms with E-state index in [9.17, 15) is 9.50 Å². The first-order valence-electron chi connectivity index (χ1n) is 6.59. The molecule has 0 spiro atoms. The van der Waals surface area contributed by atoms with Crippen molar-refractivity contribution in [2.75, 3.05) is 0 Å². The Balaban J connectivity index is 2.29. The van der Waals surface area contributed by atoms with Gasteiger partial charge in [-0.1, -0.05) is 6.07 Å². The zero-order valence-electron chi connectivity index (χ0n) is 11.8. The van der Waals surface area contributed by atoms with Crippen LogP contribution in [0.3, 0.4) is 0 Å². The van der Waals surface area contributed by atoms with Crippen molar-refractivity contribution in [3.63, 3.8) is 0 Å². The second kappa shape index (κ2) is 6.06. The molecule has 1 heterocycles. The third-order valence-electron chi connectivity index (χ3n) is 3.29. The molecule has 0 aliphatic rings. The molecule has 20 heavy (non-hydrogen) atoms. The number of rotatable bonds is 4. The molecule has 0 saturated heterocycles. The molecular weight excluding hydrogens is 323 g/mol. The van der Waals surface area contributed by atoms with Crippen LogP contribution in [0.5, 0.6) is 0 Å². The standard InChI is InChI=1S/C15H18BrFN2O/c1-4-19-13(15(16)10(3)18-19)8-14(20)11-5-9(2)6-12(17)7-11/h5-7,14,20H,4,8H2,1-3H3. The predicted molar refractivity (Wildman–Crippen MR) is 80.1 cm³/mol. The molecule has 0 aliphatic heterocycles. The Kier molecular flexibility index (Phi) is 4.60. The van der Waals surface area contributed by atoms with E-state index < -0.39 is 6.10 Å². The van der Waals surface area contributed by atoms with Gasteiger partial charge in [0.25, 0.3) is 0 Å². The van der Waals surface area contributed by atoms with Crippen molar-refractivity contribution in [3.8, 4) is 0 Å². The highest BCUT2D eigenvalue weighted by atomic mass is 79.9. The lowest BCUT2D eigenvalue weighted by molar-refractivity contribution is 0.174. The van der Waals surface area contributed by atoms with Crippen LogP contribution in [0, 0.1) is 19.7 Å². The Morgan fingerprint density at radius 3 is 2.65 bits per heavy atom. The lowest BCUT2D eigenvalue weighted by Gasteiger charge is -2.13. The first-order valence-corrected chi connectivity index (χ1v) is 7.38. The third-order valence-corrected chi connectivity index (χ3v) is 4.32. The van der Waals surface area contributed by atoms with Gasteiger partial charge < -0.3 is 5.11 Å². The largest absolute Gasteiger partial charge is 0.388 e. The van der Waals surface area contributed by atoms with Crippen LogP contribution < -0.4 is 0 Å². The summed E-state index contributed by atoms with van der Waals surface area (Å²) in [6.07, 6.45) is -0.347. The molecule has 1 aromatic carbocycles.